The molecule has 0 bridgehead atoms. The van der Waals surface area contributed by atoms with Crippen LogP contribution in [0.3, 0.4) is 0 Å². The van der Waals surface area contributed by atoms with E-state index in [9.17, 15) is 0 Å². The summed E-state index contributed by atoms with van der Waals surface area (Å²) in [6.07, 6.45) is 8.01. The molecule has 66 valence electrons. The van der Waals surface area contributed by atoms with Crippen molar-refractivity contribution < 1.29 is 0 Å². The summed E-state index contributed by atoms with van der Waals surface area (Å²) in [6, 6.07) is 4.25. The zero-order valence-corrected chi connectivity index (χ0v) is 9.82. The molecular formula is C10H15NTe. The molecule has 1 aromatic rings. The van der Waals surface area contributed by atoms with Crippen LogP contribution >= 0.6 is 0 Å². The monoisotopic (exact) mass is 279 g/mol. The Labute approximate surface area is 84.7 Å². The first-order chi connectivity index (χ1) is 5.93. The number of aromatic nitrogens is 1. The molecule has 0 N–H and O–H groups in total. The minimum atomic E-state index is 0.0815. The van der Waals surface area contributed by atoms with Gasteiger partial charge in [-0.25, -0.2) is 0 Å². The predicted molar refractivity (Wildman–Crippen MR) is 54.0 cm³/mol. The Bertz CT molecular complexity index is 198. The van der Waals surface area contributed by atoms with Crippen LogP contribution in [0.2, 0.25) is 4.47 Å². The molecular weight excluding hydrogens is 262 g/mol. The molecule has 0 aliphatic rings. The molecule has 1 nitrogen and oxygen atoms in total. The predicted octanol–water partition coefficient (Wildman–Crippen LogP) is 2.02. The van der Waals surface area contributed by atoms with Crippen LogP contribution in [0.1, 0.15) is 26.2 Å². The maximum absolute atomic E-state index is 4.12. The van der Waals surface area contributed by atoms with E-state index in [1.165, 1.54) is 27.3 Å². The molecule has 0 fully saturated rings. The van der Waals surface area contributed by atoms with E-state index in [0.717, 1.165) is 0 Å². The Morgan fingerprint density at radius 2 is 2.33 bits per heavy atom. The van der Waals surface area contributed by atoms with Crippen molar-refractivity contribution in [2.24, 2.45) is 0 Å². The van der Waals surface area contributed by atoms with Gasteiger partial charge in [-0.3, -0.25) is 0 Å². The summed E-state index contributed by atoms with van der Waals surface area (Å²) in [5.74, 6) is 0. The fourth-order valence-electron chi connectivity index (χ4n) is 0.975. The van der Waals surface area contributed by atoms with Gasteiger partial charge >= 0.3 is 84.7 Å². The molecule has 1 heterocycles. The van der Waals surface area contributed by atoms with Crippen LogP contribution in [-0.4, -0.2) is 25.9 Å². The van der Waals surface area contributed by atoms with E-state index in [-0.39, 0.29) is 20.9 Å². The standard InChI is InChI=1S/C10H15NTe/c1-2-3-4-8-12-10-6-5-7-11-9-10/h5-7,9H,2-4,8H2,1H3. The van der Waals surface area contributed by atoms with Crippen LogP contribution in [0.25, 0.3) is 0 Å². The van der Waals surface area contributed by atoms with Crippen molar-refractivity contribution in [3.05, 3.63) is 24.5 Å². The second-order valence-corrected chi connectivity index (χ2v) is 6.08. The van der Waals surface area contributed by atoms with Gasteiger partial charge in [0.2, 0.25) is 0 Å². The summed E-state index contributed by atoms with van der Waals surface area (Å²) < 4.78 is 2.93. The summed E-state index contributed by atoms with van der Waals surface area (Å²) in [4.78, 5) is 4.12. The van der Waals surface area contributed by atoms with Crippen LogP contribution in [0.4, 0.5) is 0 Å². The van der Waals surface area contributed by atoms with Gasteiger partial charge in [-0.1, -0.05) is 0 Å². The second-order valence-electron chi connectivity index (χ2n) is 2.74. The van der Waals surface area contributed by atoms with Gasteiger partial charge in [0.05, 0.1) is 0 Å². The Balaban J connectivity index is 2.16. The third-order valence-corrected chi connectivity index (χ3v) is 4.70. The van der Waals surface area contributed by atoms with Gasteiger partial charge in [0.15, 0.2) is 0 Å². The van der Waals surface area contributed by atoms with E-state index in [1.54, 1.807) is 0 Å². The van der Waals surface area contributed by atoms with Crippen molar-refractivity contribution >= 4 is 24.5 Å². The SMILES string of the molecule is CCCCC[Te]c1cccnc1. The molecule has 0 spiro atoms. The molecule has 12 heavy (non-hydrogen) atoms. The number of pyridine rings is 1. The second kappa shape index (κ2) is 6.46. The zero-order valence-electron chi connectivity index (χ0n) is 7.49. The Hall–Kier alpha value is -0.0604. The number of hydrogen-bond donors (Lipinski definition) is 0. The molecule has 0 radical (unpaired) electrons. The van der Waals surface area contributed by atoms with Gasteiger partial charge in [0.25, 0.3) is 0 Å². The molecule has 0 saturated carbocycles. The first-order valence-corrected chi connectivity index (χ1v) is 7.27. The summed E-state index contributed by atoms with van der Waals surface area (Å²) in [7, 11) is 0. The average molecular weight is 277 g/mol. The summed E-state index contributed by atoms with van der Waals surface area (Å²) in [5.41, 5.74) is 0. The van der Waals surface area contributed by atoms with Gasteiger partial charge in [0, 0.05) is 0 Å². The third-order valence-electron chi connectivity index (χ3n) is 1.65. The Morgan fingerprint density at radius 3 is 3.00 bits per heavy atom. The maximum atomic E-state index is 4.12. The summed E-state index contributed by atoms with van der Waals surface area (Å²) in [6.45, 7) is 2.25. The van der Waals surface area contributed by atoms with Gasteiger partial charge in [-0.2, -0.15) is 0 Å². The number of hydrogen-bond acceptors (Lipinski definition) is 1. The van der Waals surface area contributed by atoms with E-state index in [1.807, 2.05) is 18.5 Å². The number of rotatable bonds is 5. The Kier molecular flexibility index (Phi) is 5.39. The van der Waals surface area contributed by atoms with Crippen molar-refractivity contribution in [3.8, 4) is 0 Å². The number of unbranched alkanes of at least 4 members (excludes halogenated alkanes) is 2. The molecule has 0 amide bonds. The first-order valence-electron chi connectivity index (χ1n) is 4.46. The average Bonchev–Trinajstić information content (AvgIpc) is 2.14. The topological polar surface area (TPSA) is 12.9 Å². The molecule has 1 rings (SSSR count). The quantitative estimate of drug-likeness (QED) is 0.592. The van der Waals surface area contributed by atoms with Crippen molar-refractivity contribution in [1.82, 2.24) is 4.98 Å². The van der Waals surface area contributed by atoms with Crippen LogP contribution in [0, 0.1) is 0 Å². The molecule has 0 atom stereocenters. The summed E-state index contributed by atoms with van der Waals surface area (Å²) >= 11 is 0.0815. The van der Waals surface area contributed by atoms with E-state index in [0.29, 0.717) is 0 Å². The normalized spacial score (nSPS) is 10.1. The fourth-order valence-corrected chi connectivity index (χ4v) is 3.53. The molecule has 0 aliphatic heterocycles. The van der Waals surface area contributed by atoms with Gasteiger partial charge < -0.3 is 0 Å². The van der Waals surface area contributed by atoms with Gasteiger partial charge in [0.1, 0.15) is 0 Å². The van der Waals surface area contributed by atoms with Crippen LogP contribution < -0.4 is 3.61 Å². The van der Waals surface area contributed by atoms with Crippen molar-refractivity contribution in [2.75, 3.05) is 0 Å². The Morgan fingerprint density at radius 1 is 1.42 bits per heavy atom. The van der Waals surface area contributed by atoms with Crippen molar-refractivity contribution in [2.45, 2.75) is 30.7 Å². The minimum absolute atomic E-state index is 0.0815. The van der Waals surface area contributed by atoms with E-state index >= 15 is 0 Å². The van der Waals surface area contributed by atoms with Gasteiger partial charge in [-0.05, 0) is 0 Å². The van der Waals surface area contributed by atoms with E-state index in [4.69, 9.17) is 0 Å². The number of nitrogens with zero attached hydrogens (tertiary/aromatic N) is 1. The molecule has 0 unspecified atom stereocenters. The van der Waals surface area contributed by atoms with Crippen LogP contribution in [0.15, 0.2) is 24.5 Å². The molecule has 2 heteroatoms. The van der Waals surface area contributed by atoms with Crippen LogP contribution in [-0.2, 0) is 0 Å². The fraction of sp³-hybridized carbons (Fsp3) is 0.500. The molecule has 0 aliphatic carbocycles. The van der Waals surface area contributed by atoms with E-state index < -0.39 is 0 Å². The first kappa shape index (κ1) is 10.0. The van der Waals surface area contributed by atoms with E-state index in [2.05, 4.69) is 18.0 Å². The van der Waals surface area contributed by atoms with Crippen molar-refractivity contribution in [1.29, 1.82) is 0 Å². The summed E-state index contributed by atoms with van der Waals surface area (Å²) in [5, 5.41) is 0. The third kappa shape index (κ3) is 4.09. The molecule has 1 aromatic heterocycles. The van der Waals surface area contributed by atoms with Gasteiger partial charge in [-0.15, -0.1) is 0 Å². The zero-order chi connectivity index (χ0) is 8.65. The molecule has 0 saturated heterocycles. The molecule has 0 aromatic carbocycles. The van der Waals surface area contributed by atoms with Crippen molar-refractivity contribution in [3.63, 3.8) is 0 Å². The van der Waals surface area contributed by atoms with Crippen LogP contribution in [0.5, 0.6) is 0 Å².